The van der Waals surface area contributed by atoms with Gasteiger partial charge < -0.3 is 9.64 Å². The van der Waals surface area contributed by atoms with Gasteiger partial charge in [-0.25, -0.2) is 9.49 Å². The first-order valence-corrected chi connectivity index (χ1v) is 6.85. The SMILES string of the molecule is O=C(c1ccc(=O)[nH]n1)N1CCO[C@H](c2ccc(F)cc2)C1. The molecule has 7 heteroatoms. The first-order chi connectivity index (χ1) is 10.6. The number of nitrogens with one attached hydrogen (secondary N) is 1. The number of carbonyl (C=O) groups excluding carboxylic acids is 1. The largest absolute Gasteiger partial charge is 0.370 e. The number of carbonyl (C=O) groups is 1. The highest BCUT2D eigenvalue weighted by Crippen LogP contribution is 2.23. The van der Waals surface area contributed by atoms with Gasteiger partial charge in [0.2, 0.25) is 0 Å². The third kappa shape index (κ3) is 3.04. The van der Waals surface area contributed by atoms with Crippen molar-refractivity contribution in [1.29, 1.82) is 0 Å². The summed E-state index contributed by atoms with van der Waals surface area (Å²) in [5.41, 5.74) is 0.635. The monoisotopic (exact) mass is 303 g/mol. The van der Waals surface area contributed by atoms with E-state index in [4.69, 9.17) is 4.74 Å². The average molecular weight is 303 g/mol. The molecule has 1 N–H and O–H groups in total. The minimum absolute atomic E-state index is 0.180. The summed E-state index contributed by atoms with van der Waals surface area (Å²) in [5.74, 6) is -0.586. The number of benzene rings is 1. The number of hydrogen-bond donors (Lipinski definition) is 1. The van der Waals surface area contributed by atoms with Gasteiger partial charge in [0.25, 0.3) is 11.5 Å². The number of aromatic nitrogens is 2. The van der Waals surface area contributed by atoms with Gasteiger partial charge in [0, 0.05) is 12.6 Å². The quantitative estimate of drug-likeness (QED) is 0.902. The summed E-state index contributed by atoms with van der Waals surface area (Å²) in [6, 6.07) is 8.67. The number of aromatic amines is 1. The van der Waals surface area contributed by atoms with Crippen LogP contribution in [-0.2, 0) is 4.74 Å². The molecule has 0 spiro atoms. The molecule has 1 amide bonds. The van der Waals surface area contributed by atoms with Gasteiger partial charge in [0.1, 0.15) is 17.6 Å². The molecule has 1 saturated heterocycles. The molecular formula is C15H14FN3O3. The molecule has 1 fully saturated rings. The molecule has 2 aromatic rings. The zero-order valence-corrected chi connectivity index (χ0v) is 11.7. The minimum Gasteiger partial charge on any atom is -0.370 e. The van der Waals surface area contributed by atoms with Crippen molar-refractivity contribution in [3.05, 3.63) is 63.8 Å². The minimum atomic E-state index is -0.359. The maximum atomic E-state index is 13.0. The highest BCUT2D eigenvalue weighted by atomic mass is 19.1. The van der Waals surface area contributed by atoms with E-state index in [0.717, 1.165) is 5.56 Å². The van der Waals surface area contributed by atoms with Gasteiger partial charge >= 0.3 is 0 Å². The molecule has 1 aliphatic rings. The standard InChI is InChI=1S/C15H14FN3O3/c16-11-3-1-10(2-4-11)13-9-19(7-8-22-13)15(21)12-5-6-14(20)18-17-12/h1-6,13H,7-9H2,(H,18,20)/t13-/m0/s1. The number of amides is 1. The predicted molar refractivity (Wildman–Crippen MR) is 75.9 cm³/mol. The molecule has 1 aliphatic heterocycles. The van der Waals surface area contributed by atoms with Gasteiger partial charge in [0.15, 0.2) is 0 Å². The molecule has 1 aromatic heterocycles. The first kappa shape index (κ1) is 14.4. The summed E-state index contributed by atoms with van der Waals surface area (Å²) in [5, 5.41) is 5.99. The zero-order chi connectivity index (χ0) is 15.5. The lowest BCUT2D eigenvalue weighted by atomic mass is 10.1. The molecule has 0 aliphatic carbocycles. The lowest BCUT2D eigenvalue weighted by Gasteiger charge is -2.33. The van der Waals surface area contributed by atoms with Crippen LogP contribution in [0.4, 0.5) is 4.39 Å². The molecule has 22 heavy (non-hydrogen) atoms. The second kappa shape index (κ2) is 6.07. The number of hydrogen-bond acceptors (Lipinski definition) is 4. The molecular weight excluding hydrogens is 289 g/mol. The van der Waals surface area contributed by atoms with E-state index in [1.807, 2.05) is 0 Å². The topological polar surface area (TPSA) is 75.3 Å². The maximum absolute atomic E-state index is 13.0. The Hall–Kier alpha value is -2.54. The number of nitrogens with zero attached hydrogens (tertiary/aromatic N) is 2. The molecule has 1 aromatic carbocycles. The fourth-order valence-corrected chi connectivity index (χ4v) is 2.34. The summed E-state index contributed by atoms with van der Waals surface area (Å²) in [6.07, 6.45) is -0.305. The van der Waals surface area contributed by atoms with Crippen LogP contribution in [-0.4, -0.2) is 40.7 Å². The van der Waals surface area contributed by atoms with Crippen molar-refractivity contribution >= 4 is 5.91 Å². The molecule has 3 rings (SSSR count). The van der Waals surface area contributed by atoms with Crippen LogP contribution in [0.3, 0.4) is 0 Å². The van der Waals surface area contributed by atoms with Gasteiger partial charge in [0.05, 0.1) is 13.2 Å². The van der Waals surface area contributed by atoms with Crippen molar-refractivity contribution in [2.45, 2.75) is 6.10 Å². The third-order valence-corrected chi connectivity index (χ3v) is 3.49. The second-order valence-electron chi connectivity index (χ2n) is 4.97. The highest BCUT2D eigenvalue weighted by Gasteiger charge is 2.26. The lowest BCUT2D eigenvalue weighted by molar-refractivity contribution is -0.0230. The van der Waals surface area contributed by atoms with E-state index in [1.165, 1.54) is 24.3 Å². The number of H-pyrrole nitrogens is 1. The fraction of sp³-hybridized carbons (Fsp3) is 0.267. The summed E-state index contributed by atoms with van der Waals surface area (Å²) in [4.78, 5) is 25.0. The van der Waals surface area contributed by atoms with Crippen LogP contribution >= 0.6 is 0 Å². The molecule has 0 bridgehead atoms. The van der Waals surface area contributed by atoms with Crippen molar-refractivity contribution in [3.63, 3.8) is 0 Å². The zero-order valence-electron chi connectivity index (χ0n) is 11.7. The Morgan fingerprint density at radius 2 is 2.05 bits per heavy atom. The molecule has 0 radical (unpaired) electrons. The Bertz CT molecular complexity index is 709. The molecule has 114 valence electrons. The maximum Gasteiger partial charge on any atom is 0.274 e. The van der Waals surface area contributed by atoms with Gasteiger partial charge in [-0.05, 0) is 23.8 Å². The van der Waals surface area contributed by atoms with Crippen molar-refractivity contribution in [2.75, 3.05) is 19.7 Å². The second-order valence-corrected chi connectivity index (χ2v) is 4.97. The molecule has 0 unspecified atom stereocenters. The number of rotatable bonds is 2. The Labute approximate surface area is 125 Å². The van der Waals surface area contributed by atoms with E-state index in [9.17, 15) is 14.0 Å². The van der Waals surface area contributed by atoms with Crippen LogP contribution in [0.5, 0.6) is 0 Å². The van der Waals surface area contributed by atoms with Gasteiger partial charge in [-0.15, -0.1) is 0 Å². The fourth-order valence-electron chi connectivity index (χ4n) is 2.34. The summed E-state index contributed by atoms with van der Waals surface area (Å²) in [6.45, 7) is 1.18. The van der Waals surface area contributed by atoms with Crippen LogP contribution in [0.2, 0.25) is 0 Å². The Balaban J connectivity index is 1.75. The third-order valence-electron chi connectivity index (χ3n) is 3.49. The van der Waals surface area contributed by atoms with E-state index in [0.29, 0.717) is 19.7 Å². The van der Waals surface area contributed by atoms with Crippen LogP contribution in [0.25, 0.3) is 0 Å². The summed E-state index contributed by atoms with van der Waals surface area (Å²) < 4.78 is 18.6. The van der Waals surface area contributed by atoms with Crippen molar-refractivity contribution in [1.82, 2.24) is 15.1 Å². The Morgan fingerprint density at radius 1 is 1.27 bits per heavy atom. The van der Waals surface area contributed by atoms with Crippen LogP contribution in [0.1, 0.15) is 22.2 Å². The van der Waals surface area contributed by atoms with Crippen molar-refractivity contribution in [3.8, 4) is 0 Å². The highest BCUT2D eigenvalue weighted by molar-refractivity contribution is 5.92. The Morgan fingerprint density at radius 3 is 2.73 bits per heavy atom. The Kier molecular flexibility index (Phi) is 3.97. The van der Waals surface area contributed by atoms with Crippen LogP contribution in [0.15, 0.2) is 41.2 Å². The van der Waals surface area contributed by atoms with Gasteiger partial charge in [-0.2, -0.15) is 5.10 Å². The number of halogens is 1. The van der Waals surface area contributed by atoms with Gasteiger partial charge in [-0.1, -0.05) is 12.1 Å². The molecule has 6 nitrogen and oxygen atoms in total. The van der Waals surface area contributed by atoms with E-state index < -0.39 is 0 Å². The van der Waals surface area contributed by atoms with E-state index in [1.54, 1.807) is 17.0 Å². The molecule has 2 heterocycles. The molecule has 0 saturated carbocycles. The van der Waals surface area contributed by atoms with Gasteiger partial charge in [-0.3, -0.25) is 9.59 Å². The van der Waals surface area contributed by atoms with Crippen LogP contribution < -0.4 is 5.56 Å². The first-order valence-electron chi connectivity index (χ1n) is 6.85. The molecule has 1 atom stereocenters. The lowest BCUT2D eigenvalue weighted by Crippen LogP contribution is -2.42. The average Bonchev–Trinajstić information content (AvgIpc) is 2.56. The number of ether oxygens (including phenoxy) is 1. The van der Waals surface area contributed by atoms with Crippen molar-refractivity contribution in [2.24, 2.45) is 0 Å². The van der Waals surface area contributed by atoms with E-state index in [-0.39, 0.29) is 29.1 Å². The van der Waals surface area contributed by atoms with E-state index >= 15 is 0 Å². The van der Waals surface area contributed by atoms with E-state index in [2.05, 4.69) is 10.2 Å². The van der Waals surface area contributed by atoms with Crippen LogP contribution in [0, 0.1) is 5.82 Å². The smallest absolute Gasteiger partial charge is 0.274 e. The van der Waals surface area contributed by atoms with Crippen molar-refractivity contribution < 1.29 is 13.9 Å². The normalized spacial score (nSPS) is 18.2. The summed E-state index contributed by atoms with van der Waals surface area (Å²) in [7, 11) is 0. The number of morpholine rings is 1. The predicted octanol–water partition coefficient (Wildman–Crippen LogP) is 1.12. The summed E-state index contributed by atoms with van der Waals surface area (Å²) >= 11 is 0.